The van der Waals surface area contributed by atoms with Crippen LogP contribution in [0.1, 0.15) is 11.1 Å². The van der Waals surface area contributed by atoms with Crippen LogP contribution in [-0.4, -0.2) is 183 Å². The zero-order valence-electron chi connectivity index (χ0n) is 33.5. The summed E-state index contributed by atoms with van der Waals surface area (Å²) in [6, 6.07) is 12.0. The van der Waals surface area contributed by atoms with E-state index in [0.29, 0.717) is 163 Å². The fourth-order valence-electron chi connectivity index (χ4n) is 4.82. The molecule has 16 heteroatoms. The van der Waals surface area contributed by atoms with E-state index in [1.807, 2.05) is 30.3 Å². The molecule has 2 aromatic carbocycles. The van der Waals surface area contributed by atoms with Crippen LogP contribution in [0.2, 0.25) is 0 Å². The van der Waals surface area contributed by atoms with Gasteiger partial charge in [0.2, 0.25) is 5.75 Å². The first-order chi connectivity index (χ1) is 27.7. The second kappa shape index (κ2) is 36.5. The molecule has 2 N–H and O–H groups in total. The Labute approximate surface area is 332 Å². The summed E-state index contributed by atoms with van der Waals surface area (Å²) in [7, 11) is 3.25. The van der Waals surface area contributed by atoms with Gasteiger partial charge in [-0.2, -0.15) is 0 Å². The van der Waals surface area contributed by atoms with Gasteiger partial charge in [0.25, 0.3) is 0 Å². The molecule has 2 rings (SSSR count). The standard InChI is InChI=1S/C40H66O16/c1-43-37-5-3-4-35(32-37)6-7-36-33-38(55-30-28-53-26-24-51-22-20-49-18-16-47-14-12-45-10-8-41)40(44-2)39(34-36)56-31-29-54-27-25-52-23-21-50-19-17-48-15-13-46-11-9-42/h3-5,32-34,41-42H,6-31H2,1-2H3. The molecule has 0 atom stereocenters. The molecule has 0 aliphatic rings. The predicted octanol–water partition coefficient (Wildman–Crippen LogP) is 2.40. The van der Waals surface area contributed by atoms with E-state index in [1.54, 1.807) is 14.2 Å². The Kier molecular flexibility index (Phi) is 32.1. The van der Waals surface area contributed by atoms with Crippen molar-refractivity contribution in [3.8, 4) is 23.0 Å². The molecule has 0 aromatic heterocycles. The van der Waals surface area contributed by atoms with Gasteiger partial charge in [-0.1, -0.05) is 12.1 Å². The van der Waals surface area contributed by atoms with Crippen molar-refractivity contribution in [1.82, 2.24) is 0 Å². The summed E-state index contributed by atoms with van der Waals surface area (Å²) in [5.41, 5.74) is 2.19. The molecule has 0 amide bonds. The lowest BCUT2D eigenvalue weighted by Gasteiger charge is -2.17. The molecule has 0 aliphatic heterocycles. The normalized spacial score (nSPS) is 11.3. The van der Waals surface area contributed by atoms with Crippen LogP contribution in [0.25, 0.3) is 0 Å². The van der Waals surface area contributed by atoms with Gasteiger partial charge in [0.15, 0.2) is 11.5 Å². The van der Waals surface area contributed by atoms with Crippen molar-refractivity contribution < 1.29 is 76.5 Å². The van der Waals surface area contributed by atoms with Crippen molar-refractivity contribution in [2.24, 2.45) is 0 Å². The molecular formula is C40H66O16. The van der Waals surface area contributed by atoms with Gasteiger partial charge in [0, 0.05) is 0 Å². The molecule has 0 saturated heterocycles. The van der Waals surface area contributed by atoms with Gasteiger partial charge in [-0.05, 0) is 48.2 Å². The number of hydrogen-bond acceptors (Lipinski definition) is 16. The molecule has 0 unspecified atom stereocenters. The van der Waals surface area contributed by atoms with E-state index >= 15 is 0 Å². The lowest BCUT2D eigenvalue weighted by atomic mass is 10.0. The van der Waals surface area contributed by atoms with Crippen LogP contribution in [0, 0.1) is 0 Å². The summed E-state index contributed by atoms with van der Waals surface area (Å²) in [5, 5.41) is 17.3. The molecule has 16 nitrogen and oxygen atoms in total. The van der Waals surface area contributed by atoms with Crippen molar-refractivity contribution in [2.45, 2.75) is 12.8 Å². The van der Waals surface area contributed by atoms with Crippen molar-refractivity contribution in [3.63, 3.8) is 0 Å². The number of rotatable bonds is 41. The number of benzene rings is 2. The Bertz CT molecular complexity index is 1110. The van der Waals surface area contributed by atoms with Gasteiger partial charge in [0.05, 0.1) is 160 Å². The topological polar surface area (TPSA) is 170 Å². The second-order valence-corrected chi connectivity index (χ2v) is 11.7. The lowest BCUT2D eigenvalue weighted by molar-refractivity contribution is -0.0148. The molecule has 322 valence electrons. The first-order valence-corrected chi connectivity index (χ1v) is 19.3. The van der Waals surface area contributed by atoms with Crippen LogP contribution >= 0.6 is 0 Å². The van der Waals surface area contributed by atoms with E-state index in [4.69, 9.17) is 76.5 Å². The van der Waals surface area contributed by atoms with E-state index in [0.717, 1.165) is 29.7 Å². The predicted molar refractivity (Wildman–Crippen MR) is 207 cm³/mol. The molecule has 2 aromatic rings. The highest BCUT2D eigenvalue weighted by Gasteiger charge is 2.15. The van der Waals surface area contributed by atoms with Crippen molar-refractivity contribution in [3.05, 3.63) is 47.5 Å². The average Bonchev–Trinajstić information content (AvgIpc) is 3.22. The third kappa shape index (κ3) is 26.1. The number of hydrogen-bond donors (Lipinski definition) is 2. The lowest BCUT2D eigenvalue weighted by Crippen LogP contribution is -2.15. The SMILES string of the molecule is COc1cccc(CCc2cc(OCCOCCOCCOCCOCCOCCO)c(OC)c(OCCOCCOCCOCCOCCOCCO)c2)c1. The van der Waals surface area contributed by atoms with Gasteiger partial charge >= 0.3 is 0 Å². The Hall–Kier alpha value is -2.84. The van der Waals surface area contributed by atoms with Gasteiger partial charge in [-0.15, -0.1) is 0 Å². The Balaban J connectivity index is 1.68. The van der Waals surface area contributed by atoms with Crippen molar-refractivity contribution >= 4 is 0 Å². The van der Waals surface area contributed by atoms with Crippen LogP contribution in [-0.2, 0) is 60.2 Å². The Morgan fingerprint density at radius 3 is 1.05 bits per heavy atom. The maximum Gasteiger partial charge on any atom is 0.203 e. The van der Waals surface area contributed by atoms with E-state index in [9.17, 15) is 0 Å². The summed E-state index contributed by atoms with van der Waals surface area (Å²) in [4.78, 5) is 0. The van der Waals surface area contributed by atoms with E-state index in [1.165, 1.54) is 0 Å². The van der Waals surface area contributed by atoms with Crippen LogP contribution in [0.4, 0.5) is 0 Å². The largest absolute Gasteiger partial charge is 0.497 e. The zero-order chi connectivity index (χ0) is 40.0. The summed E-state index contributed by atoms with van der Waals surface area (Å²) >= 11 is 0. The van der Waals surface area contributed by atoms with Crippen LogP contribution in [0.15, 0.2) is 36.4 Å². The maximum absolute atomic E-state index is 8.66. The van der Waals surface area contributed by atoms with Crippen molar-refractivity contribution in [1.29, 1.82) is 0 Å². The Morgan fingerprint density at radius 1 is 0.375 bits per heavy atom. The second-order valence-electron chi connectivity index (χ2n) is 11.7. The molecule has 0 heterocycles. The minimum atomic E-state index is 0.00918. The summed E-state index contributed by atoms with van der Waals surface area (Å²) in [6.45, 7) is 9.30. The van der Waals surface area contributed by atoms with E-state index in [-0.39, 0.29) is 13.2 Å². The maximum atomic E-state index is 8.66. The highest BCUT2D eigenvalue weighted by atomic mass is 16.6. The minimum absolute atomic E-state index is 0.00918. The minimum Gasteiger partial charge on any atom is -0.497 e. The monoisotopic (exact) mass is 802 g/mol. The first-order valence-electron chi connectivity index (χ1n) is 19.3. The summed E-state index contributed by atoms with van der Waals surface area (Å²) in [6.07, 6.45) is 1.55. The highest BCUT2D eigenvalue weighted by Crippen LogP contribution is 2.39. The van der Waals surface area contributed by atoms with E-state index in [2.05, 4.69) is 6.07 Å². The third-order valence-electron chi connectivity index (χ3n) is 7.54. The summed E-state index contributed by atoms with van der Waals surface area (Å²) < 4.78 is 77.9. The molecule has 0 radical (unpaired) electrons. The van der Waals surface area contributed by atoms with Gasteiger partial charge in [-0.3, -0.25) is 0 Å². The van der Waals surface area contributed by atoms with Crippen LogP contribution in [0.3, 0.4) is 0 Å². The van der Waals surface area contributed by atoms with Crippen LogP contribution in [0.5, 0.6) is 23.0 Å². The van der Waals surface area contributed by atoms with Gasteiger partial charge in [-0.25, -0.2) is 0 Å². The smallest absolute Gasteiger partial charge is 0.203 e. The molecule has 0 bridgehead atoms. The number of aliphatic hydroxyl groups excluding tert-OH is 2. The Morgan fingerprint density at radius 2 is 0.714 bits per heavy atom. The first kappa shape index (κ1) is 49.3. The molecule has 0 fully saturated rings. The number of ether oxygens (including phenoxy) is 14. The highest BCUT2D eigenvalue weighted by molar-refractivity contribution is 5.54. The van der Waals surface area contributed by atoms with E-state index < -0.39 is 0 Å². The fraction of sp³-hybridized carbons (Fsp3) is 0.700. The summed E-state index contributed by atoms with van der Waals surface area (Å²) in [5.74, 6) is 2.46. The zero-order valence-corrected chi connectivity index (χ0v) is 33.5. The molecular weight excluding hydrogens is 736 g/mol. The fourth-order valence-corrected chi connectivity index (χ4v) is 4.82. The molecule has 0 aliphatic carbocycles. The number of methoxy groups -OCH3 is 2. The van der Waals surface area contributed by atoms with Crippen LogP contribution < -0.4 is 18.9 Å². The third-order valence-corrected chi connectivity index (χ3v) is 7.54. The van der Waals surface area contributed by atoms with Gasteiger partial charge in [0.1, 0.15) is 19.0 Å². The number of aryl methyl sites for hydroxylation is 2. The van der Waals surface area contributed by atoms with Crippen molar-refractivity contribution in [2.75, 3.05) is 173 Å². The molecule has 56 heavy (non-hydrogen) atoms. The molecule has 0 spiro atoms. The molecule has 0 saturated carbocycles. The quantitative estimate of drug-likeness (QED) is 0.0940. The average molecular weight is 803 g/mol. The van der Waals surface area contributed by atoms with Gasteiger partial charge < -0.3 is 76.5 Å². The number of aliphatic hydroxyl groups is 2.